The minimum atomic E-state index is -4.50. The average Bonchev–Trinajstić information content (AvgIpc) is 3.09. The van der Waals surface area contributed by atoms with Crippen LogP contribution < -0.4 is 10.2 Å². The van der Waals surface area contributed by atoms with E-state index in [0.29, 0.717) is 30.8 Å². The molecule has 1 saturated heterocycles. The Morgan fingerprint density at radius 3 is 2.28 bits per heavy atom. The summed E-state index contributed by atoms with van der Waals surface area (Å²) in [6.45, 7) is 0.948. The van der Waals surface area contributed by atoms with Crippen molar-refractivity contribution in [3.8, 4) is 0 Å². The van der Waals surface area contributed by atoms with Gasteiger partial charge in [-0.25, -0.2) is 4.98 Å². The molecular weight excluding hydrogens is 400 g/mol. The first kappa shape index (κ1) is 20.9. The third-order valence-corrected chi connectivity index (χ3v) is 4.60. The number of carbonyl (C=O) groups excluding carboxylic acids is 1. The molecule has 3 rings (SSSR count). The van der Waals surface area contributed by atoms with Gasteiger partial charge in [0, 0.05) is 19.1 Å². The molecule has 1 aliphatic heterocycles. The summed E-state index contributed by atoms with van der Waals surface area (Å²) in [6.07, 6.45) is -7.24. The van der Waals surface area contributed by atoms with Crippen molar-refractivity contribution in [3.63, 3.8) is 0 Å². The Hall–Kier alpha value is -2.78. The number of carbonyl (C=O) groups is 1. The third-order valence-electron chi connectivity index (χ3n) is 4.60. The highest BCUT2D eigenvalue weighted by atomic mass is 19.4. The van der Waals surface area contributed by atoms with Gasteiger partial charge in [-0.3, -0.25) is 4.79 Å². The second-order valence-corrected chi connectivity index (χ2v) is 6.77. The minimum Gasteiger partial charge on any atom is -0.368 e. The molecule has 1 amide bonds. The van der Waals surface area contributed by atoms with Crippen LogP contribution in [-0.2, 0) is 23.6 Å². The van der Waals surface area contributed by atoms with Gasteiger partial charge >= 0.3 is 12.4 Å². The summed E-state index contributed by atoms with van der Waals surface area (Å²) in [5, 5.41) is 2.80. The Morgan fingerprint density at radius 2 is 1.72 bits per heavy atom. The fraction of sp³-hybridized carbons (Fsp3) is 0.368. The van der Waals surface area contributed by atoms with Crippen molar-refractivity contribution < 1.29 is 31.1 Å². The van der Waals surface area contributed by atoms with Gasteiger partial charge in [-0.05, 0) is 36.2 Å². The van der Waals surface area contributed by atoms with E-state index < -0.39 is 23.6 Å². The monoisotopic (exact) mass is 417 g/mol. The number of alkyl halides is 6. The molecule has 2 aromatic rings. The fourth-order valence-electron chi connectivity index (χ4n) is 3.13. The zero-order valence-corrected chi connectivity index (χ0v) is 15.0. The smallest absolute Gasteiger partial charge is 0.368 e. The lowest BCUT2D eigenvalue weighted by atomic mass is 10.1. The molecular formula is C19H17F6N3O. The Balaban J connectivity index is 1.52. The zero-order chi connectivity index (χ0) is 21.2. The number of rotatable bonds is 4. The Labute approximate surface area is 162 Å². The maximum Gasteiger partial charge on any atom is 0.433 e. The van der Waals surface area contributed by atoms with E-state index in [0.717, 1.165) is 24.4 Å². The molecule has 0 bridgehead atoms. The maximum absolute atomic E-state index is 12.6. The van der Waals surface area contributed by atoms with Gasteiger partial charge in [-0.1, -0.05) is 12.1 Å². The van der Waals surface area contributed by atoms with Crippen LogP contribution in [0.15, 0.2) is 42.6 Å². The molecule has 0 spiro atoms. The van der Waals surface area contributed by atoms with Gasteiger partial charge in [-0.2, -0.15) is 26.3 Å². The highest BCUT2D eigenvalue weighted by molar-refractivity contribution is 5.79. The largest absolute Gasteiger partial charge is 0.433 e. The van der Waals surface area contributed by atoms with Crippen LogP contribution in [0, 0.1) is 0 Å². The number of hydrogen-bond acceptors (Lipinski definition) is 3. The van der Waals surface area contributed by atoms with Crippen LogP contribution in [0.25, 0.3) is 0 Å². The van der Waals surface area contributed by atoms with Crippen molar-refractivity contribution in [2.75, 3.05) is 18.0 Å². The first-order valence-electron chi connectivity index (χ1n) is 8.76. The van der Waals surface area contributed by atoms with Gasteiger partial charge in [0.05, 0.1) is 23.9 Å². The first-order chi connectivity index (χ1) is 13.5. The number of benzene rings is 1. The van der Waals surface area contributed by atoms with Crippen LogP contribution in [0.1, 0.15) is 23.2 Å². The van der Waals surface area contributed by atoms with Gasteiger partial charge in [0.1, 0.15) is 5.69 Å². The highest BCUT2D eigenvalue weighted by Gasteiger charge is 2.33. The Kier molecular flexibility index (Phi) is 5.72. The van der Waals surface area contributed by atoms with Crippen molar-refractivity contribution in [2.24, 2.45) is 0 Å². The molecule has 1 aromatic heterocycles. The van der Waals surface area contributed by atoms with Crippen molar-refractivity contribution in [3.05, 3.63) is 59.4 Å². The van der Waals surface area contributed by atoms with Crippen molar-refractivity contribution in [1.82, 2.24) is 10.3 Å². The molecule has 4 nitrogen and oxygen atoms in total. The second-order valence-electron chi connectivity index (χ2n) is 6.77. The lowest BCUT2D eigenvalue weighted by Crippen LogP contribution is -2.38. The molecule has 1 atom stereocenters. The third kappa shape index (κ3) is 5.39. The van der Waals surface area contributed by atoms with Crippen LogP contribution in [0.5, 0.6) is 0 Å². The van der Waals surface area contributed by atoms with Gasteiger partial charge in [0.15, 0.2) is 0 Å². The highest BCUT2D eigenvalue weighted by Crippen LogP contribution is 2.30. The molecule has 10 heteroatoms. The number of pyridine rings is 1. The number of halogens is 6. The molecule has 1 fully saturated rings. The number of amides is 1. The van der Waals surface area contributed by atoms with E-state index in [2.05, 4.69) is 10.3 Å². The Morgan fingerprint density at radius 1 is 1.03 bits per heavy atom. The van der Waals surface area contributed by atoms with E-state index in [1.165, 1.54) is 18.2 Å². The quantitative estimate of drug-likeness (QED) is 0.764. The van der Waals surface area contributed by atoms with Crippen LogP contribution in [-0.4, -0.2) is 30.0 Å². The van der Waals surface area contributed by atoms with Gasteiger partial charge < -0.3 is 10.2 Å². The number of nitrogens with zero attached hydrogens (tertiary/aromatic N) is 2. The van der Waals surface area contributed by atoms with Gasteiger partial charge in [-0.15, -0.1) is 0 Å². The zero-order valence-electron chi connectivity index (χ0n) is 15.0. The number of nitrogens with one attached hydrogen (secondary N) is 1. The predicted octanol–water partition coefficient (Wildman–Crippen LogP) is 4.06. The van der Waals surface area contributed by atoms with E-state index in [1.807, 2.05) is 4.90 Å². The maximum atomic E-state index is 12.6. The molecule has 1 aliphatic rings. The van der Waals surface area contributed by atoms with Gasteiger partial charge in [0.2, 0.25) is 5.91 Å². The first-order valence-corrected chi connectivity index (χ1v) is 8.76. The van der Waals surface area contributed by atoms with Crippen molar-refractivity contribution in [2.45, 2.75) is 31.2 Å². The summed E-state index contributed by atoms with van der Waals surface area (Å²) < 4.78 is 75.4. The molecule has 2 heterocycles. The fourth-order valence-corrected chi connectivity index (χ4v) is 3.13. The minimum absolute atomic E-state index is 0.0591. The van der Waals surface area contributed by atoms with Crippen molar-refractivity contribution >= 4 is 11.6 Å². The van der Waals surface area contributed by atoms with Crippen LogP contribution >= 0.6 is 0 Å². The van der Waals surface area contributed by atoms with Crippen molar-refractivity contribution in [1.29, 1.82) is 0 Å². The lowest BCUT2D eigenvalue weighted by Gasteiger charge is -2.19. The normalized spacial score (nSPS) is 17.4. The molecule has 156 valence electrons. The van der Waals surface area contributed by atoms with Crippen LogP contribution in [0.3, 0.4) is 0 Å². The van der Waals surface area contributed by atoms with E-state index >= 15 is 0 Å². The van der Waals surface area contributed by atoms with Gasteiger partial charge in [0.25, 0.3) is 0 Å². The standard InChI is InChI=1S/C19H17F6N3O/c20-18(21,22)13-3-1-12(2-4-13)9-17(29)27-14-7-8-28(11-14)15-5-6-16(26-10-15)19(23,24)25/h1-6,10,14H,7-9,11H2,(H,27,29). The summed E-state index contributed by atoms with van der Waals surface area (Å²) in [6, 6.07) is 6.41. The summed E-state index contributed by atoms with van der Waals surface area (Å²) >= 11 is 0. The molecule has 1 aromatic carbocycles. The molecule has 0 radical (unpaired) electrons. The summed E-state index contributed by atoms with van der Waals surface area (Å²) in [5.74, 6) is -0.331. The summed E-state index contributed by atoms with van der Waals surface area (Å²) in [5.41, 5.74) is -0.769. The molecule has 0 saturated carbocycles. The molecule has 1 N–H and O–H groups in total. The average molecular weight is 417 g/mol. The van der Waals surface area contributed by atoms with E-state index in [-0.39, 0.29) is 18.4 Å². The van der Waals surface area contributed by atoms with Crippen LogP contribution in [0.4, 0.5) is 32.0 Å². The Bertz CT molecular complexity index is 846. The molecule has 29 heavy (non-hydrogen) atoms. The number of aromatic nitrogens is 1. The topological polar surface area (TPSA) is 45.2 Å². The number of hydrogen-bond donors (Lipinski definition) is 1. The second kappa shape index (κ2) is 7.92. The van der Waals surface area contributed by atoms with E-state index in [4.69, 9.17) is 0 Å². The van der Waals surface area contributed by atoms with Crippen LogP contribution in [0.2, 0.25) is 0 Å². The summed E-state index contributed by atoms with van der Waals surface area (Å²) in [4.78, 5) is 17.4. The SMILES string of the molecule is O=C(Cc1ccc(C(F)(F)F)cc1)NC1CCN(c2ccc(C(F)(F)F)nc2)C1. The summed E-state index contributed by atoms with van der Waals surface area (Å²) in [7, 11) is 0. The van der Waals surface area contributed by atoms with E-state index in [1.54, 1.807) is 0 Å². The number of anilines is 1. The predicted molar refractivity (Wildman–Crippen MR) is 93.1 cm³/mol. The molecule has 0 aliphatic carbocycles. The lowest BCUT2D eigenvalue weighted by molar-refractivity contribution is -0.141. The van der Waals surface area contributed by atoms with E-state index in [9.17, 15) is 31.1 Å². The molecule has 1 unspecified atom stereocenters.